The van der Waals surface area contributed by atoms with Crippen LogP contribution in [0.4, 0.5) is 5.82 Å². The Morgan fingerprint density at radius 3 is 2.24 bits per heavy atom. The van der Waals surface area contributed by atoms with Crippen molar-refractivity contribution in [2.45, 2.75) is 19.9 Å². The molecule has 0 bridgehead atoms. The highest BCUT2D eigenvalue weighted by Gasteiger charge is 2.29. The lowest BCUT2D eigenvalue weighted by Crippen LogP contribution is -2.41. The SMILES string of the molecule is COc1cc2cc3[n+](c(N=C(C)N)c2cc1OC)CCc1cc(OC)c(-c2ccccc2)cc1-3. The van der Waals surface area contributed by atoms with Crippen molar-refractivity contribution in [1.29, 1.82) is 0 Å². The van der Waals surface area contributed by atoms with E-state index in [1.54, 1.807) is 21.3 Å². The summed E-state index contributed by atoms with van der Waals surface area (Å²) >= 11 is 0. The van der Waals surface area contributed by atoms with Crippen LogP contribution in [-0.2, 0) is 13.0 Å². The molecule has 0 spiro atoms. The highest BCUT2D eigenvalue weighted by molar-refractivity contribution is 5.96. The van der Waals surface area contributed by atoms with Gasteiger partial charge in [0.05, 0.1) is 33.3 Å². The van der Waals surface area contributed by atoms with Crippen LogP contribution in [0.25, 0.3) is 33.2 Å². The molecule has 1 aliphatic heterocycles. The number of hydrogen-bond donors (Lipinski definition) is 1. The molecule has 3 aromatic carbocycles. The third-order valence-corrected chi connectivity index (χ3v) is 6.31. The van der Waals surface area contributed by atoms with Gasteiger partial charge in [-0.15, -0.1) is 0 Å². The maximum absolute atomic E-state index is 6.07. The largest absolute Gasteiger partial charge is 0.496 e. The van der Waals surface area contributed by atoms with Crippen LogP contribution in [0.1, 0.15) is 12.5 Å². The Morgan fingerprint density at radius 2 is 1.56 bits per heavy atom. The Morgan fingerprint density at radius 1 is 0.853 bits per heavy atom. The summed E-state index contributed by atoms with van der Waals surface area (Å²) in [6.07, 6.45) is 0.864. The first kappa shape index (κ1) is 21.8. The number of aliphatic imine (C=N–C) groups is 1. The number of pyridine rings is 1. The van der Waals surface area contributed by atoms with Gasteiger partial charge >= 0.3 is 5.82 Å². The fourth-order valence-corrected chi connectivity index (χ4v) is 4.74. The number of aromatic nitrogens is 1. The van der Waals surface area contributed by atoms with Gasteiger partial charge in [0.25, 0.3) is 0 Å². The predicted octanol–water partition coefficient (Wildman–Crippen LogP) is 5.05. The van der Waals surface area contributed by atoms with E-state index in [4.69, 9.17) is 24.9 Å². The molecule has 0 atom stereocenters. The van der Waals surface area contributed by atoms with Crippen molar-refractivity contribution in [3.8, 4) is 39.6 Å². The minimum atomic E-state index is 0.502. The van der Waals surface area contributed by atoms with Crippen LogP contribution < -0.4 is 24.5 Å². The third kappa shape index (κ3) is 3.61. The number of aryl methyl sites for hydroxylation is 1. The van der Waals surface area contributed by atoms with E-state index >= 15 is 0 Å². The maximum Gasteiger partial charge on any atom is 0.333 e. The van der Waals surface area contributed by atoms with Gasteiger partial charge in [0.15, 0.2) is 11.5 Å². The van der Waals surface area contributed by atoms with Crippen LogP contribution in [0, 0.1) is 0 Å². The van der Waals surface area contributed by atoms with Crippen LogP contribution in [-0.4, -0.2) is 27.2 Å². The van der Waals surface area contributed by atoms with Crippen molar-refractivity contribution >= 4 is 22.4 Å². The molecule has 0 saturated carbocycles. The first-order valence-corrected chi connectivity index (χ1v) is 11.2. The van der Waals surface area contributed by atoms with Crippen LogP contribution in [0.5, 0.6) is 17.2 Å². The van der Waals surface area contributed by atoms with Crippen LogP contribution >= 0.6 is 0 Å². The van der Waals surface area contributed by atoms with E-state index in [9.17, 15) is 0 Å². The van der Waals surface area contributed by atoms with Gasteiger partial charge in [0.1, 0.15) is 11.4 Å². The van der Waals surface area contributed by atoms with Crippen molar-refractivity contribution in [2.24, 2.45) is 10.7 Å². The van der Waals surface area contributed by atoms with Crippen LogP contribution in [0.3, 0.4) is 0 Å². The Balaban J connectivity index is 1.83. The molecule has 0 fully saturated rings. The number of benzene rings is 3. The molecule has 0 unspecified atom stereocenters. The van der Waals surface area contributed by atoms with E-state index in [2.05, 4.69) is 34.9 Å². The topological polar surface area (TPSA) is 70.0 Å². The summed E-state index contributed by atoms with van der Waals surface area (Å²) in [6.45, 7) is 2.59. The van der Waals surface area contributed by atoms with Gasteiger partial charge < -0.3 is 19.9 Å². The molecule has 6 nitrogen and oxygen atoms in total. The molecule has 172 valence electrons. The summed E-state index contributed by atoms with van der Waals surface area (Å²) in [5.74, 6) is 3.53. The van der Waals surface area contributed by atoms with Crippen molar-refractivity contribution in [2.75, 3.05) is 21.3 Å². The van der Waals surface area contributed by atoms with Crippen molar-refractivity contribution in [3.63, 3.8) is 0 Å². The van der Waals surface area contributed by atoms with Gasteiger partial charge in [0, 0.05) is 30.5 Å². The minimum absolute atomic E-state index is 0.502. The zero-order chi connectivity index (χ0) is 23.8. The van der Waals surface area contributed by atoms with Crippen molar-refractivity contribution in [1.82, 2.24) is 0 Å². The minimum Gasteiger partial charge on any atom is -0.496 e. The van der Waals surface area contributed by atoms with E-state index in [-0.39, 0.29) is 0 Å². The molecule has 0 saturated heterocycles. The number of fused-ring (bicyclic) bond motifs is 4. The first-order chi connectivity index (χ1) is 16.5. The molecule has 34 heavy (non-hydrogen) atoms. The number of rotatable bonds is 5. The van der Waals surface area contributed by atoms with Crippen LogP contribution in [0.2, 0.25) is 0 Å². The summed E-state index contributed by atoms with van der Waals surface area (Å²) in [5.41, 5.74) is 11.7. The standard InChI is InChI=1S/C28H27N3O3/c1-17(29)30-28-23-16-27(34-4)26(33-3)14-20(23)12-24-21-15-22(18-8-6-5-7-9-18)25(32-2)13-19(21)10-11-31(24)28/h5-9,12-16,29H,10-11H2,1-4H3/p+1. The summed E-state index contributed by atoms with van der Waals surface area (Å²) in [4.78, 5) is 4.76. The molecule has 2 heterocycles. The van der Waals surface area contributed by atoms with E-state index in [1.807, 2.05) is 37.3 Å². The molecule has 1 aliphatic rings. The van der Waals surface area contributed by atoms with E-state index < -0.39 is 0 Å². The molecule has 0 radical (unpaired) electrons. The summed E-state index contributed by atoms with van der Waals surface area (Å²) in [7, 11) is 5.01. The van der Waals surface area contributed by atoms with Crippen LogP contribution in [0.15, 0.2) is 65.7 Å². The van der Waals surface area contributed by atoms with Crippen molar-refractivity contribution < 1.29 is 18.8 Å². The zero-order valence-electron chi connectivity index (χ0n) is 19.9. The number of ether oxygens (including phenoxy) is 3. The number of hydrogen-bond acceptors (Lipinski definition) is 4. The second kappa shape index (κ2) is 8.71. The lowest BCUT2D eigenvalue weighted by atomic mass is 9.91. The Labute approximate surface area is 199 Å². The quantitative estimate of drug-likeness (QED) is 0.260. The van der Waals surface area contributed by atoms with Gasteiger partial charge in [-0.2, -0.15) is 0 Å². The Bertz CT molecular complexity index is 1420. The first-order valence-electron chi connectivity index (χ1n) is 11.2. The molecule has 5 rings (SSSR count). The van der Waals surface area contributed by atoms with Crippen molar-refractivity contribution in [3.05, 3.63) is 66.2 Å². The van der Waals surface area contributed by atoms with E-state index in [0.717, 1.165) is 57.7 Å². The normalized spacial score (nSPS) is 12.8. The Kier molecular flexibility index (Phi) is 5.57. The molecule has 2 N–H and O–H groups in total. The lowest BCUT2D eigenvalue weighted by Gasteiger charge is -2.22. The monoisotopic (exact) mass is 454 g/mol. The average Bonchev–Trinajstić information content (AvgIpc) is 2.87. The van der Waals surface area contributed by atoms with E-state index in [1.165, 1.54) is 5.56 Å². The third-order valence-electron chi connectivity index (χ3n) is 6.31. The second-order valence-electron chi connectivity index (χ2n) is 8.38. The zero-order valence-corrected chi connectivity index (χ0v) is 19.9. The summed E-state index contributed by atoms with van der Waals surface area (Å²) in [5, 5.41) is 1.97. The Hall–Kier alpha value is -4.06. The molecule has 1 aromatic heterocycles. The van der Waals surface area contributed by atoms with Gasteiger partial charge in [-0.25, -0.2) is 4.57 Å². The smallest absolute Gasteiger partial charge is 0.333 e. The molecule has 4 aromatic rings. The maximum atomic E-state index is 6.07. The second-order valence-corrected chi connectivity index (χ2v) is 8.38. The number of nitrogens with two attached hydrogens (primary N) is 1. The summed E-state index contributed by atoms with van der Waals surface area (Å²) < 4.78 is 19.2. The fraction of sp³-hybridized carbons (Fsp3) is 0.214. The van der Waals surface area contributed by atoms with Gasteiger partial charge in [-0.05, 0) is 45.8 Å². The number of methoxy groups -OCH3 is 3. The average molecular weight is 455 g/mol. The molecule has 0 aliphatic carbocycles. The highest BCUT2D eigenvalue weighted by Crippen LogP contribution is 2.41. The van der Waals surface area contributed by atoms with Gasteiger partial charge in [-0.1, -0.05) is 30.3 Å². The number of amidine groups is 1. The molecular weight excluding hydrogens is 426 g/mol. The van der Waals surface area contributed by atoms with Gasteiger partial charge in [-0.3, -0.25) is 0 Å². The summed E-state index contributed by atoms with van der Waals surface area (Å²) in [6, 6.07) is 20.9. The molecular formula is C28H28N3O3+. The molecule has 6 heteroatoms. The fourth-order valence-electron chi connectivity index (χ4n) is 4.74. The lowest BCUT2D eigenvalue weighted by molar-refractivity contribution is -0.673. The predicted molar refractivity (Wildman–Crippen MR) is 135 cm³/mol. The molecule has 0 amide bonds. The van der Waals surface area contributed by atoms with E-state index in [0.29, 0.717) is 17.3 Å². The number of nitrogens with zero attached hydrogens (tertiary/aromatic N) is 2. The highest BCUT2D eigenvalue weighted by atomic mass is 16.5. The van der Waals surface area contributed by atoms with Gasteiger partial charge in [0.2, 0.25) is 5.84 Å².